The summed E-state index contributed by atoms with van der Waals surface area (Å²) in [5, 5.41) is 0. The highest BCUT2D eigenvalue weighted by atomic mass is 32.2. The molecule has 0 radical (unpaired) electrons. The number of carbonyl (C=O) groups is 1. The number of amides is 1. The molecule has 3 rings (SSSR count). The van der Waals surface area contributed by atoms with E-state index in [4.69, 9.17) is 9.47 Å². The van der Waals surface area contributed by atoms with Crippen LogP contribution in [0.5, 0.6) is 5.75 Å². The van der Waals surface area contributed by atoms with Gasteiger partial charge in [0.2, 0.25) is 5.95 Å². The zero-order valence-electron chi connectivity index (χ0n) is 20.0. The lowest BCUT2D eigenvalue weighted by Crippen LogP contribution is -2.59. The van der Waals surface area contributed by atoms with E-state index in [0.717, 1.165) is 5.56 Å². The summed E-state index contributed by atoms with van der Waals surface area (Å²) in [5.74, 6) is 1.09. The van der Waals surface area contributed by atoms with Crippen LogP contribution in [0, 0.1) is 0 Å². The number of hydrogen-bond acceptors (Lipinski definition) is 8. The van der Waals surface area contributed by atoms with E-state index in [1.807, 2.05) is 34.6 Å². The average Bonchev–Trinajstić information content (AvgIpc) is 2.71. The summed E-state index contributed by atoms with van der Waals surface area (Å²) < 4.78 is 34.4. The second kappa shape index (κ2) is 9.54. The molecule has 0 spiro atoms. The quantitative estimate of drug-likeness (QED) is 0.648. The van der Waals surface area contributed by atoms with Crippen LogP contribution in [0.1, 0.15) is 40.2 Å². The van der Waals surface area contributed by atoms with Crippen molar-refractivity contribution in [2.24, 2.45) is 0 Å². The van der Waals surface area contributed by atoms with Gasteiger partial charge in [-0.25, -0.2) is 23.2 Å². The minimum atomic E-state index is -3.22. The van der Waals surface area contributed by atoms with Crippen LogP contribution < -0.4 is 9.64 Å². The number of ether oxygens (including phenoxy) is 2. The first-order chi connectivity index (χ1) is 15.3. The van der Waals surface area contributed by atoms with Crippen LogP contribution in [0.3, 0.4) is 0 Å². The van der Waals surface area contributed by atoms with E-state index in [9.17, 15) is 13.2 Å². The first kappa shape index (κ1) is 24.8. The molecule has 1 fully saturated rings. The van der Waals surface area contributed by atoms with E-state index < -0.39 is 15.4 Å². The minimum absolute atomic E-state index is 0.0152. The molecule has 0 N–H and O–H groups in total. The van der Waals surface area contributed by atoms with Crippen molar-refractivity contribution in [2.75, 3.05) is 24.2 Å². The van der Waals surface area contributed by atoms with Crippen molar-refractivity contribution in [1.29, 1.82) is 0 Å². The van der Waals surface area contributed by atoms with Gasteiger partial charge in [-0.3, -0.25) is 0 Å². The fourth-order valence-electron chi connectivity index (χ4n) is 3.71. The van der Waals surface area contributed by atoms with Gasteiger partial charge in [0.15, 0.2) is 15.6 Å². The smallest absolute Gasteiger partial charge is 0.410 e. The molecule has 1 aromatic heterocycles. The second-order valence-electron chi connectivity index (χ2n) is 9.41. The lowest BCUT2D eigenvalue weighted by Gasteiger charge is -2.44. The molecule has 0 bridgehead atoms. The number of piperazine rings is 1. The molecule has 33 heavy (non-hydrogen) atoms. The molecule has 0 unspecified atom stereocenters. The fourth-order valence-corrected chi connectivity index (χ4v) is 4.34. The third-order valence-electron chi connectivity index (χ3n) is 5.17. The Kier molecular flexibility index (Phi) is 7.16. The number of hydrogen-bond donors (Lipinski definition) is 0. The lowest BCUT2D eigenvalue weighted by atomic mass is 10.1. The highest BCUT2D eigenvalue weighted by Gasteiger charge is 2.35. The monoisotopic (exact) mass is 476 g/mol. The predicted octanol–water partition coefficient (Wildman–Crippen LogP) is 3.29. The molecular weight excluding hydrogens is 444 g/mol. The van der Waals surface area contributed by atoms with Crippen LogP contribution in [0.4, 0.5) is 10.7 Å². The van der Waals surface area contributed by atoms with Crippen LogP contribution in [0.25, 0.3) is 0 Å². The van der Waals surface area contributed by atoms with Crippen LogP contribution in [-0.2, 0) is 21.2 Å². The summed E-state index contributed by atoms with van der Waals surface area (Å²) >= 11 is 0. The summed E-state index contributed by atoms with van der Waals surface area (Å²) in [5.41, 5.74) is 0.307. The molecule has 1 aliphatic heterocycles. The van der Waals surface area contributed by atoms with Gasteiger partial charge in [-0.15, -0.1) is 0 Å². The van der Waals surface area contributed by atoms with Gasteiger partial charge in [-0.2, -0.15) is 0 Å². The van der Waals surface area contributed by atoms with Crippen molar-refractivity contribution in [2.45, 2.75) is 63.8 Å². The minimum Gasteiger partial charge on any atom is -0.486 e. The number of benzene rings is 1. The van der Waals surface area contributed by atoms with Gasteiger partial charge in [0.25, 0.3) is 0 Å². The van der Waals surface area contributed by atoms with E-state index in [1.54, 1.807) is 41.6 Å². The van der Waals surface area contributed by atoms with E-state index in [-0.39, 0.29) is 29.7 Å². The standard InChI is InChI=1S/C23H32N4O5S/c1-16-13-26(22(28)32-23(3,4)5)14-17(2)27(16)21-24-11-19(12-25-21)31-15-18-7-9-20(10-8-18)33(6,29)30/h7-12,16-17H,13-15H2,1-6H3/t16-,17+. The van der Waals surface area contributed by atoms with Crippen LogP contribution in [0.2, 0.25) is 0 Å². The number of sulfone groups is 1. The van der Waals surface area contributed by atoms with Crippen LogP contribution in [-0.4, -0.2) is 66.4 Å². The van der Waals surface area contributed by atoms with Gasteiger partial charge >= 0.3 is 6.09 Å². The molecule has 9 nitrogen and oxygen atoms in total. The molecule has 10 heteroatoms. The first-order valence-electron chi connectivity index (χ1n) is 10.8. The molecule has 2 heterocycles. The molecule has 1 aromatic carbocycles. The topological polar surface area (TPSA) is 102 Å². The second-order valence-corrected chi connectivity index (χ2v) is 11.4. The molecule has 2 aromatic rings. The summed E-state index contributed by atoms with van der Waals surface area (Å²) in [7, 11) is -3.22. The van der Waals surface area contributed by atoms with Crippen molar-refractivity contribution in [1.82, 2.24) is 14.9 Å². The number of anilines is 1. The van der Waals surface area contributed by atoms with E-state index in [0.29, 0.717) is 24.8 Å². The van der Waals surface area contributed by atoms with Gasteiger partial charge in [0.1, 0.15) is 12.2 Å². The molecular formula is C23H32N4O5S. The lowest BCUT2D eigenvalue weighted by molar-refractivity contribution is 0.0192. The molecule has 1 saturated heterocycles. The van der Waals surface area contributed by atoms with Crippen molar-refractivity contribution in [3.63, 3.8) is 0 Å². The maximum Gasteiger partial charge on any atom is 0.410 e. The van der Waals surface area contributed by atoms with E-state index >= 15 is 0 Å². The Morgan fingerprint density at radius 3 is 2.09 bits per heavy atom. The first-order valence-corrected chi connectivity index (χ1v) is 12.7. The van der Waals surface area contributed by atoms with Gasteiger partial charge in [0, 0.05) is 31.4 Å². The highest BCUT2D eigenvalue weighted by Crippen LogP contribution is 2.24. The molecule has 0 saturated carbocycles. The Hall–Kier alpha value is -2.88. The number of nitrogens with zero attached hydrogens (tertiary/aromatic N) is 4. The zero-order chi connectivity index (χ0) is 24.4. The Morgan fingerprint density at radius 1 is 1.06 bits per heavy atom. The summed E-state index contributed by atoms with van der Waals surface area (Å²) in [6.07, 6.45) is 4.10. The van der Waals surface area contributed by atoms with E-state index in [1.165, 1.54) is 6.26 Å². The van der Waals surface area contributed by atoms with Crippen molar-refractivity contribution in [3.05, 3.63) is 42.2 Å². The number of aromatic nitrogens is 2. The summed E-state index contributed by atoms with van der Waals surface area (Å²) in [6, 6.07) is 6.60. The predicted molar refractivity (Wildman–Crippen MR) is 125 cm³/mol. The van der Waals surface area contributed by atoms with Crippen LogP contribution in [0.15, 0.2) is 41.6 Å². The molecule has 1 aliphatic rings. The maximum absolute atomic E-state index is 12.5. The third kappa shape index (κ3) is 6.56. The number of rotatable bonds is 5. The zero-order valence-corrected chi connectivity index (χ0v) is 20.8. The van der Waals surface area contributed by atoms with Crippen molar-refractivity contribution in [3.8, 4) is 5.75 Å². The average molecular weight is 477 g/mol. The van der Waals surface area contributed by atoms with Gasteiger partial charge < -0.3 is 19.3 Å². The van der Waals surface area contributed by atoms with Crippen molar-refractivity contribution < 1.29 is 22.7 Å². The largest absolute Gasteiger partial charge is 0.486 e. The van der Waals surface area contributed by atoms with Crippen molar-refractivity contribution >= 4 is 21.9 Å². The Labute approximate surface area is 195 Å². The number of carbonyl (C=O) groups excluding carboxylic acids is 1. The maximum atomic E-state index is 12.5. The van der Waals surface area contributed by atoms with Gasteiger partial charge in [-0.1, -0.05) is 12.1 Å². The summed E-state index contributed by atoms with van der Waals surface area (Å²) in [6.45, 7) is 10.9. The summed E-state index contributed by atoms with van der Waals surface area (Å²) in [4.78, 5) is 25.5. The highest BCUT2D eigenvalue weighted by molar-refractivity contribution is 7.90. The molecule has 1 amide bonds. The Bertz CT molecular complexity index is 1050. The SMILES string of the molecule is C[C@@H]1CN(C(=O)OC(C)(C)C)C[C@H](C)N1c1ncc(OCc2ccc(S(C)(=O)=O)cc2)cn1. The Morgan fingerprint density at radius 2 is 1.61 bits per heavy atom. The van der Waals surface area contributed by atoms with Crippen LogP contribution >= 0.6 is 0 Å². The molecule has 2 atom stereocenters. The molecule has 180 valence electrons. The van der Waals surface area contributed by atoms with Gasteiger partial charge in [-0.05, 0) is 52.3 Å². The third-order valence-corrected chi connectivity index (χ3v) is 6.30. The van der Waals surface area contributed by atoms with E-state index in [2.05, 4.69) is 14.9 Å². The Balaban J connectivity index is 1.60. The van der Waals surface area contributed by atoms with Gasteiger partial charge in [0.05, 0.1) is 17.3 Å². The molecule has 0 aliphatic carbocycles. The normalized spacial score (nSPS) is 19.3. The fraction of sp³-hybridized carbons (Fsp3) is 0.522.